The molecule has 7 heteroatoms. The van der Waals surface area contributed by atoms with Crippen molar-refractivity contribution in [1.82, 2.24) is 4.98 Å². The quantitative estimate of drug-likeness (QED) is 0.707. The van der Waals surface area contributed by atoms with Crippen LogP contribution >= 0.6 is 11.6 Å². The second-order valence-corrected chi connectivity index (χ2v) is 5.43. The van der Waals surface area contributed by atoms with Crippen molar-refractivity contribution in [2.45, 2.75) is 0 Å². The Hall–Kier alpha value is -2.99. The zero-order valence-corrected chi connectivity index (χ0v) is 13.4. The molecular weight excluding hydrogens is 350 g/mol. The van der Waals surface area contributed by atoms with Crippen LogP contribution in [0.1, 0.15) is 10.4 Å². The zero-order valence-electron chi connectivity index (χ0n) is 12.7. The summed E-state index contributed by atoms with van der Waals surface area (Å²) in [7, 11) is 0. The molecule has 0 unspecified atom stereocenters. The van der Waals surface area contributed by atoms with Crippen molar-refractivity contribution >= 4 is 23.2 Å². The van der Waals surface area contributed by atoms with Crippen molar-refractivity contribution in [3.8, 4) is 11.5 Å². The van der Waals surface area contributed by atoms with Crippen LogP contribution < -0.4 is 10.1 Å². The van der Waals surface area contributed by atoms with Gasteiger partial charge in [0.25, 0.3) is 5.91 Å². The first-order valence-electron chi connectivity index (χ1n) is 7.17. The smallest absolute Gasteiger partial charge is 0.257 e. The monoisotopic (exact) mass is 360 g/mol. The minimum absolute atomic E-state index is 0.0206. The molecule has 0 fully saturated rings. The Morgan fingerprint density at radius 2 is 1.96 bits per heavy atom. The van der Waals surface area contributed by atoms with Crippen LogP contribution in [0.5, 0.6) is 11.5 Å². The summed E-state index contributed by atoms with van der Waals surface area (Å²) >= 11 is 5.86. The van der Waals surface area contributed by atoms with Crippen LogP contribution in [0, 0.1) is 11.6 Å². The zero-order chi connectivity index (χ0) is 17.8. The van der Waals surface area contributed by atoms with Gasteiger partial charge < -0.3 is 10.1 Å². The number of ether oxygens (including phenoxy) is 1. The highest BCUT2D eigenvalue weighted by Gasteiger charge is 2.18. The van der Waals surface area contributed by atoms with Gasteiger partial charge in [-0.15, -0.1) is 0 Å². The van der Waals surface area contributed by atoms with E-state index < -0.39 is 23.3 Å². The molecule has 0 saturated heterocycles. The summed E-state index contributed by atoms with van der Waals surface area (Å²) in [6.45, 7) is 0. The summed E-state index contributed by atoms with van der Waals surface area (Å²) in [6, 6.07) is 11.4. The number of hydrogen-bond donors (Lipinski definition) is 1. The molecule has 25 heavy (non-hydrogen) atoms. The first-order valence-corrected chi connectivity index (χ1v) is 7.55. The number of aromatic nitrogens is 1. The molecule has 1 amide bonds. The van der Waals surface area contributed by atoms with Gasteiger partial charge in [0.2, 0.25) is 5.82 Å². The number of carbonyl (C=O) groups excluding carboxylic acids is 1. The SMILES string of the molecule is O=C(Nc1ccc(F)c(F)c1Oc1cccc(Cl)c1)c1cccnc1. The van der Waals surface area contributed by atoms with E-state index >= 15 is 0 Å². The number of carbonyl (C=O) groups is 1. The Bertz CT molecular complexity index is 920. The van der Waals surface area contributed by atoms with Gasteiger partial charge in [-0.05, 0) is 42.5 Å². The number of nitrogens with zero attached hydrogens (tertiary/aromatic N) is 1. The molecule has 0 bridgehead atoms. The summed E-state index contributed by atoms with van der Waals surface area (Å²) in [5.41, 5.74) is 0.244. The van der Waals surface area contributed by atoms with Gasteiger partial charge in [-0.3, -0.25) is 9.78 Å². The highest BCUT2D eigenvalue weighted by Crippen LogP contribution is 2.34. The highest BCUT2D eigenvalue weighted by molar-refractivity contribution is 6.30. The second kappa shape index (κ2) is 7.27. The average Bonchev–Trinajstić information content (AvgIpc) is 2.62. The van der Waals surface area contributed by atoms with E-state index in [-0.39, 0.29) is 17.0 Å². The van der Waals surface area contributed by atoms with E-state index in [2.05, 4.69) is 10.3 Å². The Morgan fingerprint density at radius 1 is 1.12 bits per heavy atom. The van der Waals surface area contributed by atoms with Crippen LogP contribution in [0.4, 0.5) is 14.5 Å². The van der Waals surface area contributed by atoms with E-state index in [0.717, 1.165) is 6.07 Å². The maximum Gasteiger partial charge on any atom is 0.257 e. The number of benzene rings is 2. The number of amides is 1. The molecule has 4 nitrogen and oxygen atoms in total. The van der Waals surface area contributed by atoms with E-state index in [1.165, 1.54) is 30.6 Å². The van der Waals surface area contributed by atoms with Crippen molar-refractivity contribution in [3.05, 3.63) is 83.1 Å². The molecule has 3 aromatic rings. The lowest BCUT2D eigenvalue weighted by Gasteiger charge is -2.13. The van der Waals surface area contributed by atoms with Crippen LogP contribution in [0.3, 0.4) is 0 Å². The van der Waals surface area contributed by atoms with Crippen molar-refractivity contribution < 1.29 is 18.3 Å². The fourth-order valence-corrected chi connectivity index (χ4v) is 2.25. The fourth-order valence-electron chi connectivity index (χ4n) is 2.07. The molecule has 0 spiro atoms. The average molecular weight is 361 g/mol. The predicted molar refractivity (Wildman–Crippen MR) is 90.1 cm³/mol. The van der Waals surface area contributed by atoms with Crippen LogP contribution in [0.25, 0.3) is 0 Å². The maximum atomic E-state index is 14.2. The number of nitrogens with one attached hydrogen (secondary N) is 1. The Labute approximate surface area is 147 Å². The molecular formula is C18H11ClF2N2O2. The number of halogens is 3. The first-order chi connectivity index (χ1) is 12.0. The molecule has 2 aromatic carbocycles. The third-order valence-electron chi connectivity index (χ3n) is 3.24. The van der Waals surface area contributed by atoms with Gasteiger partial charge >= 0.3 is 0 Å². The van der Waals surface area contributed by atoms with Gasteiger partial charge in [-0.25, -0.2) is 4.39 Å². The van der Waals surface area contributed by atoms with Gasteiger partial charge in [0, 0.05) is 17.4 Å². The van der Waals surface area contributed by atoms with E-state index in [0.29, 0.717) is 5.02 Å². The molecule has 0 aliphatic carbocycles. The molecule has 126 valence electrons. The summed E-state index contributed by atoms with van der Waals surface area (Å²) in [6.07, 6.45) is 2.87. The topological polar surface area (TPSA) is 51.2 Å². The van der Waals surface area contributed by atoms with Crippen LogP contribution in [0.2, 0.25) is 5.02 Å². The van der Waals surface area contributed by atoms with Crippen LogP contribution in [0.15, 0.2) is 60.9 Å². The Morgan fingerprint density at radius 3 is 2.68 bits per heavy atom. The minimum Gasteiger partial charge on any atom is -0.452 e. The standard InChI is InChI=1S/C18H11ClF2N2O2/c19-12-4-1-5-13(9-12)25-17-15(7-6-14(20)16(17)21)23-18(24)11-3-2-8-22-10-11/h1-10H,(H,23,24). The third kappa shape index (κ3) is 3.92. The third-order valence-corrected chi connectivity index (χ3v) is 3.47. The highest BCUT2D eigenvalue weighted by atomic mass is 35.5. The van der Waals surface area contributed by atoms with Crippen molar-refractivity contribution in [3.63, 3.8) is 0 Å². The number of hydrogen-bond acceptors (Lipinski definition) is 3. The Kier molecular flexibility index (Phi) is 4.90. The second-order valence-electron chi connectivity index (χ2n) is 4.99. The largest absolute Gasteiger partial charge is 0.452 e. The molecule has 1 N–H and O–H groups in total. The number of pyridine rings is 1. The van der Waals surface area contributed by atoms with Crippen molar-refractivity contribution in [1.29, 1.82) is 0 Å². The molecule has 0 aliphatic heterocycles. The summed E-state index contributed by atoms with van der Waals surface area (Å²) < 4.78 is 33.2. The van der Waals surface area contributed by atoms with E-state index in [1.807, 2.05) is 0 Å². The fraction of sp³-hybridized carbons (Fsp3) is 0. The molecule has 0 aliphatic rings. The van der Waals surface area contributed by atoms with Gasteiger partial charge in [0.05, 0.1) is 11.3 Å². The van der Waals surface area contributed by atoms with Gasteiger partial charge in [-0.2, -0.15) is 4.39 Å². The molecule has 1 aromatic heterocycles. The normalized spacial score (nSPS) is 10.4. The van der Waals surface area contributed by atoms with Gasteiger partial charge in [0.1, 0.15) is 5.75 Å². The van der Waals surface area contributed by atoms with E-state index in [9.17, 15) is 13.6 Å². The van der Waals surface area contributed by atoms with Crippen LogP contribution in [-0.4, -0.2) is 10.9 Å². The van der Waals surface area contributed by atoms with Gasteiger partial charge in [-0.1, -0.05) is 17.7 Å². The minimum atomic E-state index is -1.22. The van der Waals surface area contributed by atoms with Gasteiger partial charge in [0.15, 0.2) is 11.6 Å². The number of rotatable bonds is 4. The number of anilines is 1. The predicted octanol–water partition coefficient (Wildman–Crippen LogP) is 5.06. The maximum absolute atomic E-state index is 14.2. The lowest BCUT2D eigenvalue weighted by Crippen LogP contribution is -2.13. The molecule has 0 saturated carbocycles. The summed E-state index contributed by atoms with van der Waals surface area (Å²) in [5, 5.41) is 2.86. The molecule has 0 radical (unpaired) electrons. The van der Waals surface area contributed by atoms with Crippen molar-refractivity contribution in [2.24, 2.45) is 0 Å². The summed E-state index contributed by atoms with van der Waals surface area (Å²) in [4.78, 5) is 16.1. The first kappa shape index (κ1) is 16.9. The molecule has 0 atom stereocenters. The Balaban J connectivity index is 1.94. The van der Waals surface area contributed by atoms with E-state index in [4.69, 9.17) is 16.3 Å². The molecule has 1 heterocycles. The van der Waals surface area contributed by atoms with Crippen molar-refractivity contribution in [2.75, 3.05) is 5.32 Å². The lowest BCUT2D eigenvalue weighted by atomic mass is 10.2. The lowest BCUT2D eigenvalue weighted by molar-refractivity contribution is 0.102. The van der Waals surface area contributed by atoms with Crippen LogP contribution in [-0.2, 0) is 0 Å². The van der Waals surface area contributed by atoms with E-state index in [1.54, 1.807) is 24.3 Å². The summed E-state index contributed by atoms with van der Waals surface area (Å²) in [5.74, 6) is -3.09. The molecule has 3 rings (SSSR count).